The molecule has 4 rings (SSSR count). The molecule has 3 aromatic carbocycles. The van der Waals surface area contributed by atoms with Gasteiger partial charge in [-0.05, 0) is 67.0 Å². The molecule has 240 valence electrons. The smallest absolute Gasteiger partial charge is 0.161 e. The van der Waals surface area contributed by atoms with E-state index in [1.54, 1.807) is 7.11 Å². The van der Waals surface area contributed by atoms with Gasteiger partial charge in [0.05, 0.1) is 7.11 Å². The van der Waals surface area contributed by atoms with Gasteiger partial charge in [0.2, 0.25) is 0 Å². The number of hydrogen-bond acceptors (Lipinski definition) is 8. The third kappa shape index (κ3) is 10.1. The number of anilines is 1. The van der Waals surface area contributed by atoms with E-state index in [0.717, 1.165) is 81.6 Å². The maximum Gasteiger partial charge on any atom is 0.161 e. The first-order chi connectivity index (χ1) is 21.5. The molecular weight excluding hydrogens is 552 g/mol. The van der Waals surface area contributed by atoms with Crippen molar-refractivity contribution in [3.63, 3.8) is 0 Å². The Labute approximate surface area is 264 Å². The Kier molecular flexibility index (Phi) is 13.6. The molecule has 44 heavy (non-hydrogen) atoms. The number of ether oxygens (including phenoxy) is 3. The fourth-order valence-electron chi connectivity index (χ4n) is 5.67. The van der Waals surface area contributed by atoms with Gasteiger partial charge in [-0.25, -0.2) is 0 Å². The summed E-state index contributed by atoms with van der Waals surface area (Å²) in [4.78, 5) is 7.06. The number of aliphatic hydroxyl groups excluding tert-OH is 1. The number of piperazine rings is 1. The number of hydrogen-bond donors (Lipinski definition) is 2. The van der Waals surface area contributed by atoms with Crippen LogP contribution >= 0.6 is 0 Å². The molecule has 1 aliphatic rings. The number of methoxy groups -OCH3 is 1. The van der Waals surface area contributed by atoms with E-state index >= 15 is 0 Å². The molecule has 0 saturated carbocycles. The highest BCUT2D eigenvalue weighted by atomic mass is 16.5. The average molecular weight is 605 g/mol. The van der Waals surface area contributed by atoms with E-state index in [1.165, 1.54) is 11.3 Å². The third-order valence-corrected chi connectivity index (χ3v) is 8.44. The van der Waals surface area contributed by atoms with Crippen LogP contribution in [0, 0.1) is 0 Å². The van der Waals surface area contributed by atoms with E-state index in [1.807, 2.05) is 24.3 Å². The molecule has 0 bridgehead atoms. The lowest BCUT2D eigenvalue weighted by molar-refractivity contribution is 0.0663. The highest BCUT2D eigenvalue weighted by Gasteiger charge is 2.20. The van der Waals surface area contributed by atoms with Gasteiger partial charge in [0, 0.05) is 57.5 Å². The number of para-hydroxylation sites is 1. The highest BCUT2D eigenvalue weighted by molar-refractivity contribution is 5.46. The zero-order chi connectivity index (χ0) is 31.1. The number of nitrogens with zero attached hydrogens (tertiary/aromatic N) is 3. The van der Waals surface area contributed by atoms with Crippen LogP contribution in [0.2, 0.25) is 0 Å². The first-order valence-corrected chi connectivity index (χ1v) is 16.2. The summed E-state index contributed by atoms with van der Waals surface area (Å²) in [7, 11) is 1.69. The summed E-state index contributed by atoms with van der Waals surface area (Å²) >= 11 is 0. The Balaban J connectivity index is 1.19. The van der Waals surface area contributed by atoms with Crippen LogP contribution in [0.25, 0.3) is 0 Å². The Bertz CT molecular complexity index is 1210. The minimum absolute atomic E-state index is 0.209. The fourth-order valence-corrected chi connectivity index (χ4v) is 5.67. The Morgan fingerprint density at radius 2 is 1.59 bits per heavy atom. The Morgan fingerprint density at radius 3 is 2.25 bits per heavy atom. The number of aliphatic hydroxyl groups is 1. The van der Waals surface area contributed by atoms with Crippen LogP contribution in [-0.2, 0) is 6.54 Å². The largest absolute Gasteiger partial charge is 0.493 e. The molecule has 8 heteroatoms. The summed E-state index contributed by atoms with van der Waals surface area (Å²) in [5, 5.41) is 14.3. The minimum atomic E-state index is -0.529. The van der Waals surface area contributed by atoms with Crippen molar-refractivity contribution < 1.29 is 19.3 Å². The van der Waals surface area contributed by atoms with Gasteiger partial charge in [-0.1, -0.05) is 57.2 Å². The third-order valence-electron chi connectivity index (χ3n) is 8.44. The summed E-state index contributed by atoms with van der Waals surface area (Å²) in [6.45, 7) is 15.5. The lowest BCUT2D eigenvalue weighted by Crippen LogP contribution is -2.49. The zero-order valence-electron chi connectivity index (χ0n) is 27.1. The molecule has 1 heterocycles. The quantitative estimate of drug-likeness (QED) is 0.205. The fraction of sp³-hybridized carbons (Fsp3) is 0.500. The Hall–Kier alpha value is -3.30. The van der Waals surface area contributed by atoms with Crippen molar-refractivity contribution in [2.24, 2.45) is 0 Å². The number of rotatable bonds is 18. The molecule has 2 atom stereocenters. The van der Waals surface area contributed by atoms with Crippen LogP contribution in [0.4, 0.5) is 5.69 Å². The maximum atomic E-state index is 10.6. The predicted molar refractivity (Wildman–Crippen MR) is 179 cm³/mol. The van der Waals surface area contributed by atoms with Crippen LogP contribution < -0.4 is 24.4 Å². The van der Waals surface area contributed by atoms with Crippen LogP contribution in [0.3, 0.4) is 0 Å². The molecule has 8 nitrogen and oxygen atoms in total. The molecule has 0 aliphatic carbocycles. The van der Waals surface area contributed by atoms with Crippen molar-refractivity contribution >= 4 is 5.69 Å². The van der Waals surface area contributed by atoms with E-state index < -0.39 is 6.10 Å². The van der Waals surface area contributed by atoms with Crippen LogP contribution in [-0.4, -0.2) is 93.7 Å². The van der Waals surface area contributed by atoms with Crippen LogP contribution in [0.5, 0.6) is 17.2 Å². The van der Waals surface area contributed by atoms with Crippen molar-refractivity contribution in [1.29, 1.82) is 0 Å². The molecule has 1 saturated heterocycles. The number of β-amino-alcohol motifs (C(OH)–C–C–N with tert-alkyl or cyclic N) is 1. The monoisotopic (exact) mass is 604 g/mol. The number of benzene rings is 3. The topological polar surface area (TPSA) is 69.7 Å². The maximum absolute atomic E-state index is 10.6. The van der Waals surface area contributed by atoms with Gasteiger partial charge in [-0.15, -0.1) is 0 Å². The van der Waals surface area contributed by atoms with Crippen molar-refractivity contribution in [3.8, 4) is 17.2 Å². The number of likely N-dealkylation sites (N-methyl/N-ethyl adjacent to an activating group) is 1. The summed E-state index contributed by atoms with van der Waals surface area (Å²) in [6, 6.07) is 25.1. The number of nitrogens with one attached hydrogen (secondary N) is 1. The van der Waals surface area contributed by atoms with E-state index in [2.05, 4.69) is 89.3 Å². The Morgan fingerprint density at radius 1 is 0.864 bits per heavy atom. The molecule has 1 fully saturated rings. The zero-order valence-corrected chi connectivity index (χ0v) is 27.1. The molecular formula is C36H52N4O4. The molecule has 3 aromatic rings. The van der Waals surface area contributed by atoms with Gasteiger partial charge in [-0.2, -0.15) is 0 Å². The predicted octanol–water partition coefficient (Wildman–Crippen LogP) is 5.22. The highest BCUT2D eigenvalue weighted by Crippen LogP contribution is 2.29. The van der Waals surface area contributed by atoms with E-state index in [-0.39, 0.29) is 12.6 Å². The molecule has 0 radical (unpaired) electrons. The van der Waals surface area contributed by atoms with E-state index in [0.29, 0.717) is 13.2 Å². The summed E-state index contributed by atoms with van der Waals surface area (Å²) < 4.78 is 17.6. The van der Waals surface area contributed by atoms with Gasteiger partial charge < -0.3 is 34.4 Å². The standard InChI is InChI=1S/C36H52N4O4/c1-5-34(37-26-29-13-18-35(36(25-29)42-4)43-24-23-38(6-2)7-3)30-14-16-33(17-15-30)44-28-32(41)27-39-19-21-40(22-20-39)31-11-9-8-10-12-31/h8-18,25,32,34,37,41H,5-7,19-24,26-28H2,1-4H3. The van der Waals surface area contributed by atoms with E-state index in [9.17, 15) is 5.11 Å². The molecule has 0 aromatic heterocycles. The van der Waals surface area contributed by atoms with Crippen LogP contribution in [0.1, 0.15) is 44.4 Å². The molecule has 0 amide bonds. The van der Waals surface area contributed by atoms with Gasteiger partial charge in [0.1, 0.15) is 25.1 Å². The lowest BCUT2D eigenvalue weighted by atomic mass is 10.0. The van der Waals surface area contributed by atoms with Gasteiger partial charge >= 0.3 is 0 Å². The second-order valence-electron chi connectivity index (χ2n) is 11.4. The summed E-state index contributed by atoms with van der Waals surface area (Å²) in [5.41, 5.74) is 3.62. The summed E-state index contributed by atoms with van der Waals surface area (Å²) in [6.07, 6.45) is 0.430. The first-order valence-electron chi connectivity index (χ1n) is 16.2. The second-order valence-corrected chi connectivity index (χ2v) is 11.4. The summed E-state index contributed by atoms with van der Waals surface area (Å²) in [5.74, 6) is 2.31. The van der Waals surface area contributed by atoms with Crippen molar-refractivity contribution in [2.75, 3.05) is 77.6 Å². The minimum Gasteiger partial charge on any atom is -0.493 e. The normalized spacial score (nSPS) is 15.3. The van der Waals surface area contributed by atoms with E-state index in [4.69, 9.17) is 14.2 Å². The molecule has 2 N–H and O–H groups in total. The van der Waals surface area contributed by atoms with Crippen molar-refractivity contribution in [3.05, 3.63) is 83.9 Å². The second kappa shape index (κ2) is 17.9. The average Bonchev–Trinajstić information content (AvgIpc) is 3.07. The van der Waals surface area contributed by atoms with Gasteiger partial charge in [-0.3, -0.25) is 4.90 Å². The van der Waals surface area contributed by atoms with Crippen LogP contribution in [0.15, 0.2) is 72.8 Å². The SMILES string of the molecule is CCC(NCc1ccc(OCCN(CC)CC)c(OC)c1)c1ccc(OCC(O)CN2CCN(c3ccccc3)CC2)cc1. The molecule has 0 spiro atoms. The lowest BCUT2D eigenvalue weighted by Gasteiger charge is -2.36. The van der Waals surface area contributed by atoms with Crippen molar-refractivity contribution in [1.82, 2.24) is 15.1 Å². The van der Waals surface area contributed by atoms with Gasteiger partial charge in [0.15, 0.2) is 11.5 Å². The van der Waals surface area contributed by atoms with Crippen molar-refractivity contribution in [2.45, 2.75) is 45.9 Å². The van der Waals surface area contributed by atoms with Gasteiger partial charge in [0.25, 0.3) is 0 Å². The first kappa shape index (κ1) is 33.6. The molecule has 2 unspecified atom stereocenters. The molecule has 1 aliphatic heterocycles.